The summed E-state index contributed by atoms with van der Waals surface area (Å²) in [6.45, 7) is 17.7. The first-order chi connectivity index (χ1) is 14.0. The number of ether oxygens (including phenoxy) is 4. The van der Waals surface area contributed by atoms with Crippen molar-refractivity contribution >= 4 is 26.5 Å². The third kappa shape index (κ3) is 3.25. The molecule has 0 amide bonds. The van der Waals surface area contributed by atoms with E-state index in [9.17, 15) is 0 Å². The summed E-state index contributed by atoms with van der Waals surface area (Å²) in [5.74, 6) is -0.924. The van der Waals surface area contributed by atoms with Crippen molar-refractivity contribution in [1.29, 1.82) is 0 Å². The lowest BCUT2D eigenvalue weighted by molar-refractivity contribution is -0.147. The maximum Gasteiger partial charge on any atom is 0.163 e. The van der Waals surface area contributed by atoms with Crippen LogP contribution in [0.1, 0.15) is 55.4 Å². The van der Waals surface area contributed by atoms with Crippen LogP contribution in [0, 0.1) is 0 Å². The average Bonchev–Trinajstić information content (AvgIpc) is 3.29. The minimum atomic E-state index is -0.462. The topological polar surface area (TPSA) is 36.9 Å². The van der Waals surface area contributed by atoms with E-state index in [0.717, 1.165) is 0 Å². The van der Waals surface area contributed by atoms with E-state index < -0.39 is 11.6 Å². The van der Waals surface area contributed by atoms with Gasteiger partial charge in [-0.25, -0.2) is 0 Å². The molecular formula is C24H36O4P2. The predicted molar refractivity (Wildman–Crippen MR) is 125 cm³/mol. The summed E-state index contributed by atoms with van der Waals surface area (Å²) in [5, 5.41) is 3.13. The Labute approximate surface area is 183 Å². The molecule has 1 aromatic carbocycles. The van der Waals surface area contributed by atoms with Crippen molar-refractivity contribution in [3.8, 4) is 0 Å². The van der Waals surface area contributed by atoms with Crippen LogP contribution in [0.4, 0.5) is 0 Å². The molecule has 4 nitrogen and oxygen atoms in total. The van der Waals surface area contributed by atoms with Crippen LogP contribution in [0.15, 0.2) is 24.3 Å². The summed E-state index contributed by atoms with van der Waals surface area (Å²) in [7, 11) is -0.723. The van der Waals surface area contributed by atoms with Gasteiger partial charge in [-0.05, 0) is 38.3 Å². The Bertz CT molecular complexity index is 720. The van der Waals surface area contributed by atoms with E-state index >= 15 is 0 Å². The van der Waals surface area contributed by atoms with Crippen molar-refractivity contribution in [1.82, 2.24) is 0 Å². The third-order valence-electron chi connectivity index (χ3n) is 7.42. The Balaban J connectivity index is 1.48. The molecule has 4 aliphatic rings. The van der Waals surface area contributed by atoms with Gasteiger partial charge in [-0.2, -0.15) is 0 Å². The van der Waals surface area contributed by atoms with E-state index in [0.29, 0.717) is 22.6 Å². The van der Waals surface area contributed by atoms with Gasteiger partial charge in [-0.3, -0.25) is 0 Å². The molecular weight excluding hydrogens is 414 g/mol. The zero-order valence-corrected chi connectivity index (χ0v) is 21.2. The second-order valence-electron chi connectivity index (χ2n) is 10.4. The lowest BCUT2D eigenvalue weighted by Gasteiger charge is -2.33. The van der Waals surface area contributed by atoms with E-state index in [1.807, 2.05) is 27.7 Å². The predicted octanol–water partition coefficient (Wildman–Crippen LogP) is 4.52. The molecule has 4 heterocycles. The van der Waals surface area contributed by atoms with Crippen LogP contribution in [-0.4, -0.2) is 58.6 Å². The van der Waals surface area contributed by atoms with Gasteiger partial charge in [0.2, 0.25) is 0 Å². The molecule has 0 spiro atoms. The molecule has 166 valence electrons. The highest BCUT2D eigenvalue weighted by Crippen LogP contribution is 2.63. The quantitative estimate of drug-likeness (QED) is 0.621. The Morgan fingerprint density at radius 3 is 1.10 bits per heavy atom. The molecule has 0 bridgehead atoms. The van der Waals surface area contributed by atoms with E-state index in [1.54, 1.807) is 10.6 Å². The van der Waals surface area contributed by atoms with Crippen LogP contribution in [0.2, 0.25) is 0 Å². The molecule has 30 heavy (non-hydrogen) atoms. The largest absolute Gasteiger partial charge is 0.344 e. The van der Waals surface area contributed by atoms with Gasteiger partial charge in [0.1, 0.15) is 0 Å². The first kappa shape index (κ1) is 21.7. The average molecular weight is 450 g/mol. The lowest BCUT2D eigenvalue weighted by Crippen LogP contribution is -2.34. The highest BCUT2D eigenvalue weighted by Gasteiger charge is 2.58. The number of fused-ring (bicyclic) bond motifs is 2. The van der Waals surface area contributed by atoms with Gasteiger partial charge in [0.25, 0.3) is 0 Å². The molecule has 0 saturated carbocycles. The molecule has 4 saturated heterocycles. The SMILES string of the molecule is CC1[C@H]2OC(C)(C)OC2[C@H](C)P1c1ccccc1P1[C@@H](C)C2OC(C)(C)OC2[C@@H]1C. The monoisotopic (exact) mass is 450 g/mol. The van der Waals surface area contributed by atoms with Gasteiger partial charge in [0, 0.05) is 22.6 Å². The van der Waals surface area contributed by atoms with Crippen LogP contribution in [0.3, 0.4) is 0 Å². The van der Waals surface area contributed by atoms with Crippen LogP contribution in [0.25, 0.3) is 0 Å². The first-order valence-electron chi connectivity index (χ1n) is 11.4. The number of rotatable bonds is 2. The van der Waals surface area contributed by atoms with Gasteiger partial charge in [-0.15, -0.1) is 0 Å². The van der Waals surface area contributed by atoms with Gasteiger partial charge in [0.05, 0.1) is 24.4 Å². The third-order valence-corrected chi connectivity index (χ3v) is 14.2. The van der Waals surface area contributed by atoms with Crippen LogP contribution in [0.5, 0.6) is 0 Å². The fraction of sp³-hybridized carbons (Fsp3) is 0.750. The van der Waals surface area contributed by atoms with Crippen molar-refractivity contribution in [2.24, 2.45) is 0 Å². The van der Waals surface area contributed by atoms with Crippen LogP contribution < -0.4 is 10.6 Å². The van der Waals surface area contributed by atoms with Crippen LogP contribution in [-0.2, 0) is 18.9 Å². The van der Waals surface area contributed by atoms with Crippen molar-refractivity contribution in [3.63, 3.8) is 0 Å². The van der Waals surface area contributed by atoms with Crippen LogP contribution >= 0.6 is 15.8 Å². The van der Waals surface area contributed by atoms with E-state index in [1.165, 1.54) is 0 Å². The molecule has 9 atom stereocenters. The second kappa shape index (κ2) is 7.21. The molecule has 0 radical (unpaired) electrons. The maximum atomic E-state index is 6.36. The molecule has 0 aliphatic carbocycles. The zero-order chi connectivity index (χ0) is 21.6. The summed E-state index contributed by atoms with van der Waals surface area (Å²) in [4.78, 5) is 0. The lowest BCUT2D eigenvalue weighted by atomic mass is 10.1. The molecule has 0 aromatic heterocycles. The summed E-state index contributed by atoms with van der Waals surface area (Å²) in [6, 6.07) is 9.22. The minimum Gasteiger partial charge on any atom is -0.344 e. The normalized spacial score (nSPS) is 48.7. The highest BCUT2D eigenvalue weighted by molar-refractivity contribution is 7.73. The number of hydrogen-bond acceptors (Lipinski definition) is 4. The van der Waals surface area contributed by atoms with Crippen molar-refractivity contribution in [3.05, 3.63) is 24.3 Å². The maximum absolute atomic E-state index is 6.36. The smallest absolute Gasteiger partial charge is 0.163 e. The number of benzene rings is 1. The van der Waals surface area contributed by atoms with E-state index in [2.05, 4.69) is 52.0 Å². The fourth-order valence-corrected chi connectivity index (χ4v) is 13.6. The highest BCUT2D eigenvalue weighted by atomic mass is 31.1. The van der Waals surface area contributed by atoms with E-state index in [4.69, 9.17) is 18.9 Å². The summed E-state index contributed by atoms with van der Waals surface area (Å²) < 4.78 is 25.4. The van der Waals surface area contributed by atoms with Crippen molar-refractivity contribution in [2.45, 2.75) is 114 Å². The van der Waals surface area contributed by atoms with Gasteiger partial charge in [-0.1, -0.05) is 67.8 Å². The fourth-order valence-electron chi connectivity index (χ4n) is 6.28. The van der Waals surface area contributed by atoms with Crippen molar-refractivity contribution < 1.29 is 18.9 Å². The summed E-state index contributed by atoms with van der Waals surface area (Å²) >= 11 is 0. The first-order valence-corrected chi connectivity index (χ1v) is 14.3. The Hall–Kier alpha value is -0.0800. The zero-order valence-electron chi connectivity index (χ0n) is 19.5. The molecule has 0 N–H and O–H groups in total. The number of hydrogen-bond donors (Lipinski definition) is 0. The molecule has 5 rings (SSSR count). The van der Waals surface area contributed by atoms with Gasteiger partial charge < -0.3 is 18.9 Å². The molecule has 4 aliphatic heterocycles. The Morgan fingerprint density at radius 2 is 0.833 bits per heavy atom. The molecule has 5 unspecified atom stereocenters. The van der Waals surface area contributed by atoms with Crippen molar-refractivity contribution in [2.75, 3.05) is 0 Å². The van der Waals surface area contributed by atoms with E-state index in [-0.39, 0.29) is 40.3 Å². The van der Waals surface area contributed by atoms with Gasteiger partial charge in [0.15, 0.2) is 11.6 Å². The summed E-state index contributed by atoms with van der Waals surface area (Å²) in [5.41, 5.74) is 1.99. The summed E-state index contributed by atoms with van der Waals surface area (Å²) in [6.07, 6.45) is 0.805. The standard InChI is InChI=1S/C24H36O4P2/c1-13-19-20(26-23(5,6)25-19)14(2)29(13)17-11-9-10-12-18(17)30-15(3)21-22(16(30)4)28-24(7,8)27-21/h9-16,19-22H,1-8H3/t13-,14-,15-,16?,19?,20?,21?,22+,29?,30?/m0/s1. The molecule has 1 aromatic rings. The van der Waals surface area contributed by atoms with Gasteiger partial charge >= 0.3 is 0 Å². The second-order valence-corrected chi connectivity index (χ2v) is 16.2. The molecule has 6 heteroatoms. The Kier molecular flexibility index (Phi) is 5.23. The minimum absolute atomic E-state index is 0.201. The molecule has 4 fully saturated rings. The Morgan fingerprint density at radius 1 is 0.567 bits per heavy atom.